The van der Waals surface area contributed by atoms with Crippen LogP contribution in [0.4, 0.5) is 0 Å². The first-order chi connectivity index (χ1) is 17.5. The number of nitrogens with zero attached hydrogens (tertiary/aromatic N) is 2. The lowest BCUT2D eigenvalue weighted by Gasteiger charge is -2.49. The van der Waals surface area contributed by atoms with Gasteiger partial charge < -0.3 is 4.90 Å². The predicted octanol–water partition coefficient (Wildman–Crippen LogP) is 6.65. The highest BCUT2D eigenvalue weighted by atomic mass is 16.2. The van der Waals surface area contributed by atoms with Crippen molar-refractivity contribution in [3.63, 3.8) is 0 Å². The van der Waals surface area contributed by atoms with E-state index in [0.717, 1.165) is 55.4 Å². The number of hydrogen-bond donors (Lipinski definition) is 0. The molecule has 0 aromatic heterocycles. The lowest BCUT2D eigenvalue weighted by Crippen LogP contribution is -2.53. The normalized spacial score (nSPS) is 17.3. The van der Waals surface area contributed by atoms with Crippen molar-refractivity contribution in [1.29, 1.82) is 0 Å². The molecule has 0 saturated carbocycles. The van der Waals surface area contributed by atoms with Gasteiger partial charge in [0, 0.05) is 30.6 Å². The summed E-state index contributed by atoms with van der Waals surface area (Å²) in [6.07, 6.45) is 2.16. The molecule has 0 atom stereocenters. The van der Waals surface area contributed by atoms with Gasteiger partial charge in [-0.3, -0.25) is 9.69 Å². The molecule has 1 amide bonds. The standard InChI is InChI=1S/C33H34N2O/c1-24-14-15-27(25(2)20-24)21-34-18-16-33(17-19-34)23-35(22-28-9-4-6-13-31(28)33)32(36)30-12-7-10-26-8-3-5-11-29(26)30/h3-15,20H,16-19,21-23H2,1-2H3. The van der Waals surface area contributed by atoms with Crippen LogP contribution in [0.15, 0.2) is 84.9 Å². The maximum Gasteiger partial charge on any atom is 0.254 e. The van der Waals surface area contributed by atoms with Gasteiger partial charge in [-0.15, -0.1) is 0 Å². The van der Waals surface area contributed by atoms with Gasteiger partial charge in [-0.25, -0.2) is 0 Å². The zero-order valence-corrected chi connectivity index (χ0v) is 21.3. The molecule has 3 nitrogen and oxygen atoms in total. The van der Waals surface area contributed by atoms with Crippen molar-refractivity contribution in [3.05, 3.63) is 118 Å². The van der Waals surface area contributed by atoms with Crippen LogP contribution in [0.25, 0.3) is 10.8 Å². The van der Waals surface area contributed by atoms with Crippen LogP contribution in [-0.2, 0) is 18.5 Å². The molecule has 0 unspecified atom stereocenters. The summed E-state index contributed by atoms with van der Waals surface area (Å²) in [4.78, 5) is 18.6. The minimum absolute atomic E-state index is 0.0217. The van der Waals surface area contributed by atoms with Gasteiger partial charge in [-0.1, -0.05) is 84.4 Å². The highest BCUT2D eigenvalue weighted by Crippen LogP contribution is 2.42. The van der Waals surface area contributed by atoms with Crippen molar-refractivity contribution >= 4 is 16.7 Å². The first-order valence-corrected chi connectivity index (χ1v) is 13.2. The summed E-state index contributed by atoms with van der Waals surface area (Å²) in [7, 11) is 0. The quantitative estimate of drug-likeness (QED) is 0.332. The molecule has 0 radical (unpaired) electrons. The molecule has 2 heterocycles. The number of benzene rings is 4. The van der Waals surface area contributed by atoms with Crippen molar-refractivity contribution in [2.45, 2.75) is 45.2 Å². The fourth-order valence-electron chi connectivity index (χ4n) is 6.44. The Balaban J connectivity index is 1.27. The van der Waals surface area contributed by atoms with E-state index in [2.05, 4.69) is 84.3 Å². The molecule has 4 aromatic rings. The smallest absolute Gasteiger partial charge is 0.254 e. The molecular weight excluding hydrogens is 440 g/mol. The van der Waals surface area contributed by atoms with Gasteiger partial charge in [-0.2, -0.15) is 0 Å². The summed E-state index contributed by atoms with van der Waals surface area (Å²) in [6.45, 7) is 8.98. The van der Waals surface area contributed by atoms with E-state index < -0.39 is 0 Å². The first-order valence-electron chi connectivity index (χ1n) is 13.2. The third-order valence-corrected chi connectivity index (χ3v) is 8.46. The number of piperidine rings is 1. The van der Waals surface area contributed by atoms with Crippen LogP contribution in [0.5, 0.6) is 0 Å². The number of fused-ring (bicyclic) bond motifs is 3. The van der Waals surface area contributed by atoms with E-state index in [0.29, 0.717) is 6.54 Å². The number of carbonyl (C=O) groups is 1. The number of amides is 1. The molecule has 2 aliphatic rings. The number of hydrogen-bond acceptors (Lipinski definition) is 2. The van der Waals surface area contributed by atoms with Gasteiger partial charge in [0.2, 0.25) is 0 Å². The van der Waals surface area contributed by atoms with E-state index in [1.165, 1.54) is 27.8 Å². The molecule has 2 aliphatic heterocycles. The second kappa shape index (κ2) is 9.22. The molecule has 0 bridgehead atoms. The van der Waals surface area contributed by atoms with Gasteiger partial charge >= 0.3 is 0 Å². The molecule has 0 aliphatic carbocycles. The van der Waals surface area contributed by atoms with Crippen LogP contribution in [0.3, 0.4) is 0 Å². The minimum atomic E-state index is 0.0217. The average Bonchev–Trinajstić information content (AvgIpc) is 2.91. The van der Waals surface area contributed by atoms with Gasteiger partial charge in [0.1, 0.15) is 0 Å². The highest BCUT2D eigenvalue weighted by molar-refractivity contribution is 6.07. The van der Waals surface area contributed by atoms with Crippen molar-refractivity contribution in [3.8, 4) is 0 Å². The minimum Gasteiger partial charge on any atom is -0.333 e. The third-order valence-electron chi connectivity index (χ3n) is 8.46. The van der Waals surface area contributed by atoms with E-state index in [1.807, 2.05) is 24.3 Å². The summed E-state index contributed by atoms with van der Waals surface area (Å²) >= 11 is 0. The van der Waals surface area contributed by atoms with Crippen LogP contribution >= 0.6 is 0 Å². The lowest BCUT2D eigenvalue weighted by atomic mass is 9.68. The van der Waals surface area contributed by atoms with E-state index in [-0.39, 0.29) is 11.3 Å². The molecule has 3 heteroatoms. The van der Waals surface area contributed by atoms with Crippen LogP contribution in [0.2, 0.25) is 0 Å². The van der Waals surface area contributed by atoms with Crippen molar-refractivity contribution in [1.82, 2.24) is 9.80 Å². The topological polar surface area (TPSA) is 23.6 Å². The Bertz CT molecular complexity index is 1430. The zero-order chi connectivity index (χ0) is 24.7. The monoisotopic (exact) mass is 474 g/mol. The maximum atomic E-state index is 13.9. The molecule has 0 N–H and O–H groups in total. The molecule has 1 saturated heterocycles. The van der Waals surface area contributed by atoms with E-state index in [1.54, 1.807) is 0 Å². The molecule has 6 rings (SSSR count). The van der Waals surface area contributed by atoms with Crippen LogP contribution in [-0.4, -0.2) is 35.3 Å². The SMILES string of the molecule is Cc1ccc(CN2CCC3(CC2)CN(C(=O)c2cccc4ccccc24)Cc2ccccc23)c(C)c1. The Morgan fingerprint density at radius 1 is 0.861 bits per heavy atom. The number of aryl methyl sites for hydroxylation is 2. The number of rotatable bonds is 3. The molecule has 36 heavy (non-hydrogen) atoms. The predicted molar refractivity (Wildman–Crippen MR) is 147 cm³/mol. The Morgan fingerprint density at radius 3 is 2.44 bits per heavy atom. The summed E-state index contributed by atoms with van der Waals surface area (Å²) in [6, 6.07) is 29.9. The molecule has 4 aromatic carbocycles. The van der Waals surface area contributed by atoms with Crippen molar-refractivity contribution in [2.24, 2.45) is 0 Å². The zero-order valence-electron chi connectivity index (χ0n) is 21.3. The third kappa shape index (κ3) is 4.12. The second-order valence-corrected chi connectivity index (χ2v) is 10.8. The lowest BCUT2D eigenvalue weighted by molar-refractivity contribution is 0.0575. The molecule has 182 valence electrons. The highest BCUT2D eigenvalue weighted by Gasteiger charge is 2.43. The molecule has 1 spiro atoms. The fraction of sp³-hybridized carbons (Fsp3) is 0.303. The van der Waals surface area contributed by atoms with Crippen molar-refractivity contribution in [2.75, 3.05) is 19.6 Å². The Kier molecular flexibility index (Phi) is 5.89. The maximum absolute atomic E-state index is 13.9. The number of carbonyl (C=O) groups excluding carboxylic acids is 1. The van der Waals surface area contributed by atoms with Crippen LogP contribution in [0.1, 0.15) is 51.0 Å². The largest absolute Gasteiger partial charge is 0.333 e. The second-order valence-electron chi connectivity index (χ2n) is 10.8. The summed E-state index contributed by atoms with van der Waals surface area (Å²) < 4.78 is 0. The van der Waals surface area contributed by atoms with Crippen LogP contribution in [0, 0.1) is 13.8 Å². The number of likely N-dealkylation sites (tertiary alicyclic amines) is 1. The average molecular weight is 475 g/mol. The molecule has 1 fully saturated rings. The van der Waals surface area contributed by atoms with Gasteiger partial charge in [0.25, 0.3) is 5.91 Å². The van der Waals surface area contributed by atoms with Crippen LogP contribution < -0.4 is 0 Å². The van der Waals surface area contributed by atoms with Crippen molar-refractivity contribution < 1.29 is 4.79 Å². The van der Waals surface area contributed by atoms with Gasteiger partial charge in [0.05, 0.1) is 0 Å². The Morgan fingerprint density at radius 2 is 1.61 bits per heavy atom. The summed E-state index contributed by atoms with van der Waals surface area (Å²) in [5.41, 5.74) is 7.73. The summed E-state index contributed by atoms with van der Waals surface area (Å²) in [5.74, 6) is 0.151. The summed E-state index contributed by atoms with van der Waals surface area (Å²) in [5, 5.41) is 2.16. The molecular formula is C33H34N2O. The first kappa shape index (κ1) is 23.0. The fourth-order valence-corrected chi connectivity index (χ4v) is 6.44. The Labute approximate surface area is 214 Å². The van der Waals surface area contributed by atoms with Gasteiger partial charge in [0.15, 0.2) is 0 Å². The van der Waals surface area contributed by atoms with E-state index in [4.69, 9.17) is 0 Å². The van der Waals surface area contributed by atoms with E-state index in [9.17, 15) is 4.79 Å². The Hall–Kier alpha value is -3.43. The van der Waals surface area contributed by atoms with E-state index >= 15 is 0 Å². The van der Waals surface area contributed by atoms with Gasteiger partial charge in [-0.05, 0) is 78.9 Å².